The predicted octanol–water partition coefficient (Wildman–Crippen LogP) is 2.49. The Labute approximate surface area is 148 Å². The lowest BCUT2D eigenvalue weighted by Crippen LogP contribution is -2.61. The van der Waals surface area contributed by atoms with E-state index in [0.717, 1.165) is 31.4 Å². The monoisotopic (exact) mass is 343 g/mol. The van der Waals surface area contributed by atoms with Gasteiger partial charge in [0.1, 0.15) is 5.78 Å². The number of likely N-dealkylation sites (N-methyl/N-ethyl adjacent to an activating group) is 1. The van der Waals surface area contributed by atoms with Gasteiger partial charge in [-0.1, -0.05) is 6.07 Å². The van der Waals surface area contributed by atoms with Crippen LogP contribution in [0.5, 0.6) is 11.5 Å². The molecule has 134 valence electrons. The van der Waals surface area contributed by atoms with E-state index < -0.39 is 0 Å². The van der Waals surface area contributed by atoms with Gasteiger partial charge in [-0.25, -0.2) is 0 Å². The number of hydrogen-bond donors (Lipinski definition) is 0. The third kappa shape index (κ3) is 2.40. The van der Waals surface area contributed by atoms with E-state index >= 15 is 0 Å². The fourth-order valence-electron chi connectivity index (χ4n) is 5.50. The largest absolute Gasteiger partial charge is 0.493 e. The van der Waals surface area contributed by atoms with Crippen LogP contribution in [0, 0.1) is 5.92 Å². The molecule has 2 bridgehead atoms. The van der Waals surface area contributed by atoms with Crippen molar-refractivity contribution < 1.29 is 19.1 Å². The predicted molar refractivity (Wildman–Crippen MR) is 93.1 cm³/mol. The molecule has 25 heavy (non-hydrogen) atoms. The molecule has 5 heteroatoms. The number of fused-ring (bicyclic) bond motifs is 1. The van der Waals surface area contributed by atoms with Gasteiger partial charge in [0.25, 0.3) is 0 Å². The molecule has 2 aliphatic carbocycles. The zero-order valence-electron chi connectivity index (χ0n) is 15.1. The fraction of sp³-hybridized carbons (Fsp3) is 0.600. The summed E-state index contributed by atoms with van der Waals surface area (Å²) in [7, 11) is 3.78. The second kappa shape index (κ2) is 5.84. The minimum absolute atomic E-state index is 0.223. The molecule has 4 rings (SSSR count). The number of esters is 1. The minimum atomic E-state index is -0.350. The summed E-state index contributed by atoms with van der Waals surface area (Å²) in [5.74, 6) is 1.52. The van der Waals surface area contributed by atoms with Crippen LogP contribution in [0.1, 0.15) is 43.7 Å². The molecular weight excluding hydrogens is 318 g/mol. The number of carbonyl (C=O) groups excluding carboxylic acids is 2. The maximum Gasteiger partial charge on any atom is 0.308 e. The number of nitrogens with zero attached hydrogens (tertiary/aromatic N) is 1. The molecule has 0 amide bonds. The van der Waals surface area contributed by atoms with E-state index in [1.807, 2.05) is 6.07 Å². The standard InChI is InChI=1S/C20H25NO4/c1-12(22)25-19-17(24-3)7-4-13-10-16-15-6-5-14(23)11-20(15,18(13)19)8-9-21(16)2/h4,7,15-16H,5-6,8-11H2,1-3H3/t15?,16?,20-/m0/s1. The Morgan fingerprint density at radius 2 is 2.16 bits per heavy atom. The first-order valence-corrected chi connectivity index (χ1v) is 9.07. The average molecular weight is 343 g/mol. The van der Waals surface area contributed by atoms with Gasteiger partial charge in [0, 0.05) is 36.8 Å². The van der Waals surface area contributed by atoms with Crippen molar-refractivity contribution in [2.75, 3.05) is 20.7 Å². The summed E-state index contributed by atoms with van der Waals surface area (Å²) in [6.45, 7) is 2.38. The number of ketones is 1. The lowest BCUT2D eigenvalue weighted by Gasteiger charge is -2.58. The van der Waals surface area contributed by atoms with Crippen molar-refractivity contribution in [1.29, 1.82) is 0 Å². The zero-order chi connectivity index (χ0) is 17.8. The Morgan fingerprint density at radius 3 is 2.88 bits per heavy atom. The number of methoxy groups -OCH3 is 1. The second-order valence-corrected chi connectivity index (χ2v) is 7.74. The fourth-order valence-corrected chi connectivity index (χ4v) is 5.50. The van der Waals surface area contributed by atoms with Crippen LogP contribution in [0.3, 0.4) is 0 Å². The van der Waals surface area contributed by atoms with Crippen LogP contribution in [-0.4, -0.2) is 43.4 Å². The first-order valence-electron chi connectivity index (χ1n) is 9.07. The molecule has 0 N–H and O–H groups in total. The molecule has 1 saturated carbocycles. The van der Waals surface area contributed by atoms with Crippen LogP contribution in [0.4, 0.5) is 0 Å². The maximum atomic E-state index is 12.4. The number of ether oxygens (including phenoxy) is 2. The maximum absolute atomic E-state index is 12.4. The van der Waals surface area contributed by atoms with E-state index in [1.54, 1.807) is 7.11 Å². The van der Waals surface area contributed by atoms with Crippen LogP contribution in [0.15, 0.2) is 12.1 Å². The number of carbonyl (C=O) groups is 2. The van der Waals surface area contributed by atoms with Crippen molar-refractivity contribution in [3.63, 3.8) is 0 Å². The molecule has 3 aliphatic rings. The van der Waals surface area contributed by atoms with Crippen LogP contribution >= 0.6 is 0 Å². The number of piperidine rings is 1. The highest BCUT2D eigenvalue weighted by atomic mass is 16.6. The first-order chi connectivity index (χ1) is 12.0. The molecule has 0 radical (unpaired) electrons. The number of benzene rings is 1. The summed E-state index contributed by atoms with van der Waals surface area (Å²) in [5, 5.41) is 0. The smallest absolute Gasteiger partial charge is 0.308 e. The molecule has 0 spiro atoms. The van der Waals surface area contributed by atoms with Crippen molar-refractivity contribution >= 4 is 11.8 Å². The van der Waals surface area contributed by atoms with E-state index in [2.05, 4.69) is 18.0 Å². The summed E-state index contributed by atoms with van der Waals surface area (Å²) in [4.78, 5) is 26.6. The normalized spacial score (nSPS) is 31.1. The summed E-state index contributed by atoms with van der Waals surface area (Å²) >= 11 is 0. The summed E-state index contributed by atoms with van der Waals surface area (Å²) < 4.78 is 11.1. The van der Waals surface area contributed by atoms with Gasteiger partial charge < -0.3 is 14.4 Å². The highest BCUT2D eigenvalue weighted by Crippen LogP contribution is 2.58. The van der Waals surface area contributed by atoms with E-state index in [0.29, 0.717) is 42.1 Å². The highest BCUT2D eigenvalue weighted by molar-refractivity contribution is 5.82. The molecule has 2 fully saturated rings. The Kier molecular flexibility index (Phi) is 3.87. The van der Waals surface area contributed by atoms with Crippen molar-refractivity contribution in [3.05, 3.63) is 23.3 Å². The highest BCUT2D eigenvalue weighted by Gasteiger charge is 2.56. The van der Waals surface area contributed by atoms with Crippen molar-refractivity contribution in [1.82, 2.24) is 4.90 Å². The number of likely N-dealkylation sites (tertiary alicyclic amines) is 1. The lowest BCUT2D eigenvalue weighted by atomic mass is 9.52. The molecule has 1 heterocycles. The second-order valence-electron chi connectivity index (χ2n) is 7.74. The molecular formula is C20H25NO4. The van der Waals surface area contributed by atoms with Gasteiger partial charge in [-0.15, -0.1) is 0 Å². The van der Waals surface area contributed by atoms with Crippen LogP contribution in [0.25, 0.3) is 0 Å². The van der Waals surface area contributed by atoms with E-state index in [-0.39, 0.29) is 11.4 Å². The Morgan fingerprint density at radius 1 is 1.36 bits per heavy atom. The van der Waals surface area contributed by atoms with Gasteiger partial charge in [0.15, 0.2) is 11.5 Å². The van der Waals surface area contributed by atoms with E-state index in [9.17, 15) is 9.59 Å². The van der Waals surface area contributed by atoms with Crippen LogP contribution in [-0.2, 0) is 21.4 Å². The molecule has 5 nitrogen and oxygen atoms in total. The van der Waals surface area contributed by atoms with Gasteiger partial charge in [0.2, 0.25) is 0 Å². The summed E-state index contributed by atoms with van der Waals surface area (Å²) in [6.07, 6.45) is 3.99. The van der Waals surface area contributed by atoms with Crippen LogP contribution in [0.2, 0.25) is 0 Å². The van der Waals surface area contributed by atoms with Gasteiger partial charge in [0.05, 0.1) is 7.11 Å². The number of Topliss-reactive ketones (excluding diaryl/α,β-unsaturated/α-hetero) is 1. The zero-order valence-corrected chi connectivity index (χ0v) is 15.1. The van der Waals surface area contributed by atoms with Crippen molar-refractivity contribution in [2.24, 2.45) is 5.92 Å². The number of hydrogen-bond acceptors (Lipinski definition) is 5. The topological polar surface area (TPSA) is 55.8 Å². The Balaban J connectivity index is 1.96. The van der Waals surface area contributed by atoms with Gasteiger partial charge in [-0.3, -0.25) is 9.59 Å². The minimum Gasteiger partial charge on any atom is -0.493 e. The van der Waals surface area contributed by atoms with Gasteiger partial charge in [-0.05, 0) is 50.4 Å². The third-order valence-corrected chi connectivity index (χ3v) is 6.50. The Bertz CT molecular complexity index is 743. The Hall–Kier alpha value is -1.88. The van der Waals surface area contributed by atoms with E-state index in [4.69, 9.17) is 9.47 Å². The van der Waals surface area contributed by atoms with Crippen LogP contribution < -0.4 is 9.47 Å². The number of rotatable bonds is 2. The quantitative estimate of drug-likeness (QED) is 0.610. The molecule has 1 aliphatic heterocycles. The third-order valence-electron chi connectivity index (χ3n) is 6.50. The molecule has 2 unspecified atom stereocenters. The lowest BCUT2D eigenvalue weighted by molar-refractivity contribution is -0.132. The van der Waals surface area contributed by atoms with Crippen molar-refractivity contribution in [3.8, 4) is 11.5 Å². The molecule has 1 saturated heterocycles. The molecule has 1 aromatic rings. The molecule has 3 atom stereocenters. The van der Waals surface area contributed by atoms with Gasteiger partial charge >= 0.3 is 5.97 Å². The van der Waals surface area contributed by atoms with Gasteiger partial charge in [-0.2, -0.15) is 0 Å². The summed E-state index contributed by atoms with van der Waals surface area (Å²) in [5.41, 5.74) is 2.03. The average Bonchev–Trinajstić information content (AvgIpc) is 2.57. The molecule has 0 aromatic heterocycles. The molecule has 1 aromatic carbocycles. The summed E-state index contributed by atoms with van der Waals surface area (Å²) in [6, 6.07) is 4.42. The first kappa shape index (κ1) is 16.6. The SMILES string of the molecule is COc1ccc2c(c1OC(C)=O)[C@]13CCN(C)C(C2)C1CCC(=O)C3. The van der Waals surface area contributed by atoms with E-state index in [1.165, 1.54) is 12.5 Å². The van der Waals surface area contributed by atoms with Crippen molar-refractivity contribution in [2.45, 2.75) is 50.5 Å².